The van der Waals surface area contributed by atoms with Crippen LogP contribution in [-0.4, -0.2) is 78.5 Å². The highest BCUT2D eigenvalue weighted by molar-refractivity contribution is 6.07. The first-order chi connectivity index (χ1) is 27.5. The lowest BCUT2D eigenvalue weighted by Crippen LogP contribution is -2.38. The van der Waals surface area contributed by atoms with Gasteiger partial charge in [-0.15, -0.1) is 24.8 Å². The number of rotatable bonds is 16. The first kappa shape index (κ1) is 47.8. The molecule has 12 N–H and O–H groups in total. The Morgan fingerprint density at radius 3 is 1.12 bits per heavy atom. The molecule has 1 aliphatic rings. The van der Waals surface area contributed by atoms with E-state index < -0.39 is 23.7 Å². The Kier molecular flexibility index (Phi) is 16.7. The largest absolute Gasteiger partial charge is 0.388 e. The number of nitrogens with one attached hydrogen (secondary N) is 8. The fourth-order valence-electron chi connectivity index (χ4n) is 6.86. The lowest BCUT2D eigenvalue weighted by molar-refractivity contribution is -0.130. The molecule has 4 aromatic rings. The number of carbonyl (C=O) groups excluding carboxylic acids is 6. The maximum Gasteiger partial charge on any atom is 0.272 e. The zero-order valence-electron chi connectivity index (χ0n) is 33.6. The van der Waals surface area contributed by atoms with Crippen LogP contribution in [0.2, 0.25) is 0 Å². The van der Waals surface area contributed by atoms with E-state index in [1.54, 1.807) is 71.2 Å². The van der Waals surface area contributed by atoms with Gasteiger partial charge >= 0.3 is 0 Å². The molecule has 1 fully saturated rings. The van der Waals surface area contributed by atoms with E-state index in [-0.39, 0.29) is 97.4 Å². The van der Waals surface area contributed by atoms with Crippen LogP contribution in [0.15, 0.2) is 49.1 Å². The highest BCUT2D eigenvalue weighted by atomic mass is 35.5. The lowest BCUT2D eigenvalue weighted by atomic mass is 9.78. The van der Waals surface area contributed by atoms with Crippen molar-refractivity contribution in [2.24, 2.45) is 51.5 Å². The summed E-state index contributed by atoms with van der Waals surface area (Å²) < 4.78 is 6.24. The zero-order valence-corrected chi connectivity index (χ0v) is 35.3. The second-order valence-electron chi connectivity index (χ2n) is 14.3. The Hall–Kier alpha value is -6.54. The highest BCUT2D eigenvalue weighted by Gasteiger charge is 2.36. The molecule has 20 nitrogen and oxygen atoms in total. The number of hydrogen-bond donors (Lipinski definition) is 10. The second kappa shape index (κ2) is 20.9. The minimum absolute atomic E-state index is 0. The molecule has 0 bridgehead atoms. The average Bonchev–Trinajstić information content (AvgIpc) is 3.92. The van der Waals surface area contributed by atoms with Gasteiger partial charge in [0.2, 0.25) is 11.8 Å². The monoisotopic (exact) mass is 870 g/mol. The number of amidine groups is 2. The smallest absolute Gasteiger partial charge is 0.272 e. The first-order valence-electron chi connectivity index (χ1n) is 18.6. The third-order valence-electron chi connectivity index (χ3n) is 9.80. The van der Waals surface area contributed by atoms with Crippen LogP contribution in [0.1, 0.15) is 80.5 Å². The van der Waals surface area contributed by atoms with E-state index in [1.165, 1.54) is 24.3 Å². The van der Waals surface area contributed by atoms with Gasteiger partial charge in [0.1, 0.15) is 22.8 Å². The van der Waals surface area contributed by atoms with Crippen LogP contribution in [0.3, 0.4) is 0 Å². The minimum Gasteiger partial charge on any atom is -0.388 e. The summed E-state index contributed by atoms with van der Waals surface area (Å²) in [6.07, 6.45) is 9.30. The fourth-order valence-corrected chi connectivity index (χ4v) is 6.86. The molecule has 2 atom stereocenters. The molecule has 0 radical (unpaired) electrons. The molecule has 0 aliphatic heterocycles. The van der Waals surface area contributed by atoms with Gasteiger partial charge in [-0.2, -0.15) is 0 Å². The van der Waals surface area contributed by atoms with Gasteiger partial charge in [-0.05, 0) is 37.1 Å². The van der Waals surface area contributed by atoms with E-state index in [0.717, 1.165) is 12.8 Å². The van der Waals surface area contributed by atoms with Crippen molar-refractivity contribution in [2.75, 3.05) is 34.4 Å². The van der Waals surface area contributed by atoms with Crippen LogP contribution < -0.4 is 43.4 Å². The maximum atomic E-state index is 13.6. The molecule has 4 heterocycles. The van der Waals surface area contributed by atoms with Crippen LogP contribution in [0, 0.1) is 22.7 Å². The number of carbonyl (C=O) groups is 6. The van der Waals surface area contributed by atoms with E-state index in [0.29, 0.717) is 47.0 Å². The molecule has 22 heteroatoms. The summed E-state index contributed by atoms with van der Waals surface area (Å²) in [6.45, 7) is 0.404. The van der Waals surface area contributed by atoms with E-state index in [9.17, 15) is 28.8 Å². The Morgan fingerprint density at radius 2 is 0.817 bits per heavy atom. The van der Waals surface area contributed by atoms with E-state index in [1.807, 2.05) is 0 Å². The summed E-state index contributed by atoms with van der Waals surface area (Å²) in [4.78, 5) is 78.9. The van der Waals surface area contributed by atoms with Crippen molar-refractivity contribution in [2.45, 2.75) is 38.5 Å². The summed E-state index contributed by atoms with van der Waals surface area (Å²) in [5.41, 5.74) is 13.3. The number of hydrogen-bond acceptors (Lipinski definition) is 8. The van der Waals surface area contributed by atoms with Gasteiger partial charge in [-0.25, -0.2) is 0 Å². The molecule has 324 valence electrons. The van der Waals surface area contributed by atoms with Crippen LogP contribution in [0.4, 0.5) is 22.7 Å². The van der Waals surface area contributed by atoms with Crippen molar-refractivity contribution < 1.29 is 28.8 Å². The van der Waals surface area contributed by atoms with Gasteiger partial charge < -0.3 is 61.6 Å². The van der Waals surface area contributed by atoms with Gasteiger partial charge in [-0.1, -0.05) is 12.8 Å². The fraction of sp³-hybridized carbons (Fsp3) is 0.368. The van der Waals surface area contributed by atoms with Crippen LogP contribution in [0.25, 0.3) is 0 Å². The topological polar surface area (TPSA) is 294 Å². The molecule has 6 amide bonds. The number of amides is 6. The molecular weight excluding hydrogens is 819 g/mol. The standard InChI is InChI=1S/C38H50N14O6.2ClH/c1-49-19-23(13-27(49)35(55)43-11-9-31(39)40)47-37(57)29-15-21(17-51(29)3)45-33(53)25-7-5-6-8-26(25)34(54)46-22-16-30(52(4)18-22)38(58)48-24-14-28(50(2)20-24)36(56)44-12-10-32(41)42;;/h13-20,25-26H,5-12H2,1-4H3,(H3,39,40)(H3,41,42)(H,43,55)(H,44,56)(H,45,53)(H,46,54)(H,47,57)(H,48,58);2*1H/t25-,26-;;/m1../s1. The minimum atomic E-state index is -0.644. The van der Waals surface area contributed by atoms with Crippen LogP contribution in [0.5, 0.6) is 0 Å². The third-order valence-corrected chi connectivity index (χ3v) is 9.80. The van der Waals surface area contributed by atoms with Gasteiger partial charge in [0.05, 0.1) is 34.4 Å². The SMILES string of the molecule is Cl.Cl.Cn1cc(NC(=O)c2cc(NC(=O)[C@@H]3CCCC[C@H]3C(=O)Nc3cc(C(=O)Nc4cc(C(=O)NCCC(=N)N)n(C)c4)n(C)c3)cn2C)cc1C(=O)NCCC(=N)N. The summed E-state index contributed by atoms with van der Waals surface area (Å²) in [7, 11) is 6.64. The van der Waals surface area contributed by atoms with Crippen molar-refractivity contribution in [1.82, 2.24) is 28.9 Å². The number of anilines is 4. The number of nitrogens with zero attached hydrogens (tertiary/aromatic N) is 4. The molecule has 60 heavy (non-hydrogen) atoms. The average molecular weight is 872 g/mol. The van der Waals surface area contributed by atoms with Crippen LogP contribution >= 0.6 is 24.8 Å². The number of aryl methyl sites for hydroxylation is 4. The van der Waals surface area contributed by atoms with Gasteiger partial charge in [-0.3, -0.25) is 39.6 Å². The van der Waals surface area contributed by atoms with E-state index >= 15 is 0 Å². The molecule has 4 aromatic heterocycles. The number of halogens is 2. The molecule has 0 aromatic carbocycles. The van der Waals surface area contributed by atoms with Crippen molar-refractivity contribution in [3.63, 3.8) is 0 Å². The quantitative estimate of drug-likeness (QED) is 0.0589. The normalized spacial score (nSPS) is 14.4. The van der Waals surface area contributed by atoms with Crippen molar-refractivity contribution >= 4 is 94.7 Å². The van der Waals surface area contributed by atoms with Crippen molar-refractivity contribution in [3.05, 3.63) is 71.8 Å². The predicted molar refractivity (Wildman–Crippen MR) is 232 cm³/mol. The van der Waals surface area contributed by atoms with Gasteiger partial charge in [0.15, 0.2) is 0 Å². The first-order valence-corrected chi connectivity index (χ1v) is 18.6. The predicted octanol–water partition coefficient (Wildman–Crippen LogP) is 2.88. The van der Waals surface area contributed by atoms with E-state index in [2.05, 4.69) is 31.9 Å². The molecule has 1 saturated carbocycles. The molecule has 1 aliphatic carbocycles. The second-order valence-corrected chi connectivity index (χ2v) is 14.3. The Balaban J connectivity index is 0.00000480. The van der Waals surface area contributed by atoms with E-state index in [4.69, 9.17) is 22.3 Å². The maximum absolute atomic E-state index is 13.6. The van der Waals surface area contributed by atoms with Crippen LogP contribution in [-0.2, 0) is 37.8 Å². The summed E-state index contributed by atoms with van der Waals surface area (Å²) in [6, 6.07) is 6.11. The Labute approximate surface area is 358 Å². The Bertz CT molecular complexity index is 2110. The summed E-state index contributed by atoms with van der Waals surface area (Å²) >= 11 is 0. The summed E-state index contributed by atoms with van der Waals surface area (Å²) in [5, 5.41) is 31.3. The Morgan fingerprint density at radius 1 is 0.533 bits per heavy atom. The third kappa shape index (κ3) is 12.0. The van der Waals surface area contributed by atoms with Gasteiger partial charge in [0, 0.05) is 90.7 Å². The van der Waals surface area contributed by atoms with Crippen molar-refractivity contribution in [3.8, 4) is 0 Å². The molecule has 5 rings (SSSR count). The van der Waals surface area contributed by atoms with Crippen molar-refractivity contribution in [1.29, 1.82) is 10.8 Å². The molecular formula is C38H52Cl2N14O6. The highest BCUT2D eigenvalue weighted by Crippen LogP contribution is 2.33. The lowest BCUT2D eigenvalue weighted by Gasteiger charge is -2.29. The summed E-state index contributed by atoms with van der Waals surface area (Å²) in [5.74, 6) is -3.80. The molecule has 0 saturated heterocycles. The zero-order chi connectivity index (χ0) is 42.3. The van der Waals surface area contributed by atoms with Gasteiger partial charge in [0.25, 0.3) is 23.6 Å². The molecule has 0 unspecified atom stereocenters. The number of aromatic nitrogens is 4. The molecule has 0 spiro atoms. The number of nitrogens with two attached hydrogens (primary N) is 2.